The first kappa shape index (κ1) is 16.5. The molecule has 0 bridgehead atoms. The number of nitrogens with zero attached hydrogens (tertiary/aromatic N) is 1. The summed E-state index contributed by atoms with van der Waals surface area (Å²) in [6.07, 6.45) is 0. The Morgan fingerprint density at radius 1 is 1.26 bits per heavy atom. The van der Waals surface area contributed by atoms with Gasteiger partial charge in [0.05, 0.1) is 0 Å². The van der Waals surface area contributed by atoms with E-state index in [-0.39, 0.29) is 0 Å². The van der Waals surface area contributed by atoms with Crippen molar-refractivity contribution in [3.05, 3.63) is 29.3 Å². The zero-order valence-electron chi connectivity index (χ0n) is 13.0. The van der Waals surface area contributed by atoms with Gasteiger partial charge < -0.3 is 10.2 Å². The molecule has 0 spiro atoms. The molecular formula is C16H28N2S. The number of thioether (sulfide) groups is 1. The highest BCUT2D eigenvalue weighted by Gasteiger charge is 2.02. The molecule has 0 aliphatic rings. The van der Waals surface area contributed by atoms with Gasteiger partial charge in [0.2, 0.25) is 0 Å². The Morgan fingerprint density at radius 3 is 2.58 bits per heavy atom. The van der Waals surface area contributed by atoms with Crippen LogP contribution in [-0.2, 0) is 6.54 Å². The fourth-order valence-electron chi connectivity index (χ4n) is 1.83. The van der Waals surface area contributed by atoms with Crippen LogP contribution in [0.5, 0.6) is 0 Å². The monoisotopic (exact) mass is 280 g/mol. The van der Waals surface area contributed by atoms with E-state index in [1.54, 1.807) is 0 Å². The van der Waals surface area contributed by atoms with E-state index in [0.717, 1.165) is 25.4 Å². The van der Waals surface area contributed by atoms with Crippen molar-refractivity contribution in [2.75, 3.05) is 32.9 Å². The predicted molar refractivity (Wildman–Crippen MR) is 87.0 cm³/mol. The predicted octanol–water partition coefficient (Wildman–Crippen LogP) is 3.39. The molecule has 0 saturated heterocycles. The smallest absolute Gasteiger partial charge is 0.0205 e. The molecule has 108 valence electrons. The van der Waals surface area contributed by atoms with Gasteiger partial charge in [0.15, 0.2) is 0 Å². The topological polar surface area (TPSA) is 15.3 Å². The van der Waals surface area contributed by atoms with Gasteiger partial charge in [-0.15, -0.1) is 11.8 Å². The first-order chi connectivity index (χ1) is 8.99. The molecule has 0 radical (unpaired) electrons. The van der Waals surface area contributed by atoms with E-state index in [0.29, 0.717) is 5.92 Å². The fourth-order valence-corrected chi connectivity index (χ4v) is 2.95. The average Bonchev–Trinajstić information content (AvgIpc) is 2.31. The van der Waals surface area contributed by atoms with Gasteiger partial charge in [0.25, 0.3) is 0 Å². The molecule has 3 heteroatoms. The van der Waals surface area contributed by atoms with Crippen molar-refractivity contribution < 1.29 is 0 Å². The Morgan fingerprint density at radius 2 is 2.00 bits per heavy atom. The van der Waals surface area contributed by atoms with Gasteiger partial charge in [-0.3, -0.25) is 0 Å². The first-order valence-corrected chi connectivity index (χ1v) is 8.05. The van der Waals surface area contributed by atoms with Gasteiger partial charge in [-0.1, -0.05) is 26.0 Å². The van der Waals surface area contributed by atoms with E-state index < -0.39 is 0 Å². The third-order valence-corrected chi connectivity index (χ3v) is 4.07. The third-order valence-electron chi connectivity index (χ3n) is 2.92. The van der Waals surface area contributed by atoms with Crippen LogP contribution in [0, 0.1) is 12.8 Å². The zero-order chi connectivity index (χ0) is 14.3. The molecule has 0 atom stereocenters. The molecule has 0 heterocycles. The molecule has 0 fully saturated rings. The Kier molecular flexibility index (Phi) is 7.51. The summed E-state index contributed by atoms with van der Waals surface area (Å²) in [5.41, 5.74) is 2.78. The van der Waals surface area contributed by atoms with Crippen molar-refractivity contribution >= 4 is 11.8 Å². The lowest BCUT2D eigenvalue weighted by Crippen LogP contribution is -2.19. The summed E-state index contributed by atoms with van der Waals surface area (Å²) in [6, 6.07) is 6.83. The van der Waals surface area contributed by atoms with Crippen molar-refractivity contribution in [3.8, 4) is 0 Å². The number of hydrogen-bond acceptors (Lipinski definition) is 3. The number of rotatable bonds is 8. The molecule has 2 nitrogen and oxygen atoms in total. The summed E-state index contributed by atoms with van der Waals surface area (Å²) in [5.74, 6) is 1.86. The summed E-state index contributed by atoms with van der Waals surface area (Å²) in [4.78, 5) is 3.64. The van der Waals surface area contributed by atoms with E-state index in [1.165, 1.54) is 16.0 Å². The third kappa shape index (κ3) is 7.00. The van der Waals surface area contributed by atoms with E-state index in [2.05, 4.69) is 63.3 Å². The normalized spacial score (nSPS) is 11.5. The van der Waals surface area contributed by atoms with Crippen molar-refractivity contribution in [3.63, 3.8) is 0 Å². The van der Waals surface area contributed by atoms with Crippen LogP contribution in [0.4, 0.5) is 0 Å². The number of benzene rings is 1. The number of nitrogens with one attached hydrogen (secondary N) is 1. The lowest BCUT2D eigenvalue weighted by Gasteiger charge is -2.12. The van der Waals surface area contributed by atoms with Crippen LogP contribution in [0.1, 0.15) is 25.0 Å². The zero-order valence-corrected chi connectivity index (χ0v) is 13.8. The van der Waals surface area contributed by atoms with Crippen LogP contribution in [0.2, 0.25) is 0 Å². The molecule has 1 rings (SSSR count). The SMILES string of the molecule is Cc1cc(CNCC(C)C)ccc1SCCN(C)C. The van der Waals surface area contributed by atoms with Crippen LogP contribution in [0.3, 0.4) is 0 Å². The van der Waals surface area contributed by atoms with Crippen molar-refractivity contribution in [2.24, 2.45) is 5.92 Å². The van der Waals surface area contributed by atoms with Crippen molar-refractivity contribution in [2.45, 2.75) is 32.2 Å². The van der Waals surface area contributed by atoms with Crippen LogP contribution >= 0.6 is 11.8 Å². The summed E-state index contributed by atoms with van der Waals surface area (Å²) >= 11 is 1.95. The summed E-state index contributed by atoms with van der Waals surface area (Å²) in [6.45, 7) is 9.87. The van der Waals surface area contributed by atoms with Crippen molar-refractivity contribution in [1.82, 2.24) is 10.2 Å². The lowest BCUT2D eigenvalue weighted by atomic mass is 10.1. The highest BCUT2D eigenvalue weighted by Crippen LogP contribution is 2.23. The summed E-state index contributed by atoms with van der Waals surface area (Å²) < 4.78 is 0. The molecule has 1 aromatic carbocycles. The van der Waals surface area contributed by atoms with Crippen LogP contribution < -0.4 is 5.32 Å². The molecule has 0 saturated carbocycles. The van der Waals surface area contributed by atoms with Crippen LogP contribution in [-0.4, -0.2) is 37.8 Å². The van der Waals surface area contributed by atoms with Crippen LogP contribution in [0.25, 0.3) is 0 Å². The van der Waals surface area contributed by atoms with E-state index in [4.69, 9.17) is 0 Å². The maximum Gasteiger partial charge on any atom is 0.0205 e. The van der Waals surface area contributed by atoms with Crippen LogP contribution in [0.15, 0.2) is 23.1 Å². The highest BCUT2D eigenvalue weighted by atomic mass is 32.2. The Hall–Kier alpha value is -0.510. The minimum Gasteiger partial charge on any atom is -0.312 e. The molecule has 19 heavy (non-hydrogen) atoms. The lowest BCUT2D eigenvalue weighted by molar-refractivity contribution is 0.437. The van der Waals surface area contributed by atoms with Gasteiger partial charge in [-0.2, -0.15) is 0 Å². The first-order valence-electron chi connectivity index (χ1n) is 7.07. The second-order valence-corrected chi connectivity index (χ2v) is 6.91. The standard InChI is InChI=1S/C16H28N2S/c1-13(2)11-17-12-15-6-7-16(14(3)10-15)19-9-8-18(4)5/h6-7,10,13,17H,8-9,11-12H2,1-5H3. The second-order valence-electron chi connectivity index (χ2n) is 5.78. The number of hydrogen-bond donors (Lipinski definition) is 1. The highest BCUT2D eigenvalue weighted by molar-refractivity contribution is 7.99. The molecule has 1 N–H and O–H groups in total. The van der Waals surface area contributed by atoms with Gasteiger partial charge in [0.1, 0.15) is 0 Å². The average molecular weight is 280 g/mol. The molecular weight excluding hydrogens is 252 g/mol. The van der Waals surface area contributed by atoms with Gasteiger partial charge >= 0.3 is 0 Å². The second kappa shape index (κ2) is 8.62. The van der Waals surface area contributed by atoms with Crippen molar-refractivity contribution in [1.29, 1.82) is 0 Å². The van der Waals surface area contributed by atoms with Gasteiger partial charge in [0, 0.05) is 23.7 Å². The molecule has 0 amide bonds. The van der Waals surface area contributed by atoms with E-state index in [9.17, 15) is 0 Å². The Bertz CT molecular complexity index is 375. The minimum atomic E-state index is 0.710. The molecule has 0 unspecified atom stereocenters. The molecule has 0 aromatic heterocycles. The van der Waals surface area contributed by atoms with Gasteiger partial charge in [-0.25, -0.2) is 0 Å². The molecule has 1 aromatic rings. The Balaban J connectivity index is 2.45. The van der Waals surface area contributed by atoms with Gasteiger partial charge in [-0.05, 0) is 50.7 Å². The fraction of sp³-hybridized carbons (Fsp3) is 0.625. The molecule has 0 aliphatic heterocycles. The largest absolute Gasteiger partial charge is 0.312 e. The maximum atomic E-state index is 3.49. The molecule has 0 aliphatic carbocycles. The van der Waals surface area contributed by atoms with E-state index >= 15 is 0 Å². The Labute approximate surface area is 123 Å². The summed E-state index contributed by atoms with van der Waals surface area (Å²) in [7, 11) is 4.24. The number of aryl methyl sites for hydroxylation is 1. The van der Waals surface area contributed by atoms with E-state index in [1.807, 2.05) is 11.8 Å². The quantitative estimate of drug-likeness (QED) is 0.735. The minimum absolute atomic E-state index is 0.710. The maximum absolute atomic E-state index is 3.49. The summed E-state index contributed by atoms with van der Waals surface area (Å²) in [5, 5.41) is 3.49.